The van der Waals surface area contributed by atoms with Gasteiger partial charge in [-0.15, -0.1) is 11.3 Å². The van der Waals surface area contributed by atoms with Crippen molar-refractivity contribution in [1.82, 2.24) is 24.1 Å². The van der Waals surface area contributed by atoms with Crippen LogP contribution >= 0.6 is 11.3 Å². The molecule has 1 aliphatic rings. The summed E-state index contributed by atoms with van der Waals surface area (Å²) in [5.74, 6) is 1.47. The normalized spacial score (nSPS) is 16.0. The molecule has 1 aliphatic heterocycles. The summed E-state index contributed by atoms with van der Waals surface area (Å²) in [7, 11) is -3.42. The lowest BCUT2D eigenvalue weighted by Gasteiger charge is -2.34. The summed E-state index contributed by atoms with van der Waals surface area (Å²) < 4.78 is 29.2. The standard InChI is InChI=1S/C17H20N6O2S2/c1-13-5-6-23(20-13)16-11-15(18-12-19-16)21-7-9-22(10-8-21)27(24,25)17-4-3-14(2)26-17/h3-6,11-12H,7-10H2,1-2H3. The average Bonchev–Trinajstić information content (AvgIpc) is 3.31. The Kier molecular flexibility index (Phi) is 4.70. The molecule has 4 heterocycles. The van der Waals surface area contributed by atoms with Gasteiger partial charge < -0.3 is 4.90 Å². The predicted octanol–water partition coefficient (Wildman–Crippen LogP) is 1.85. The third-order valence-corrected chi connectivity index (χ3v) is 7.83. The Bertz CT molecular complexity index is 1050. The molecule has 0 bridgehead atoms. The minimum atomic E-state index is -3.42. The van der Waals surface area contributed by atoms with E-state index < -0.39 is 10.0 Å². The van der Waals surface area contributed by atoms with Crippen molar-refractivity contribution in [1.29, 1.82) is 0 Å². The summed E-state index contributed by atoms with van der Waals surface area (Å²) in [6.07, 6.45) is 3.37. The van der Waals surface area contributed by atoms with Crippen molar-refractivity contribution >= 4 is 27.2 Å². The quantitative estimate of drug-likeness (QED) is 0.660. The van der Waals surface area contributed by atoms with Gasteiger partial charge in [0.2, 0.25) is 0 Å². The molecule has 3 aromatic heterocycles. The minimum absolute atomic E-state index is 0.409. The molecule has 27 heavy (non-hydrogen) atoms. The molecule has 4 rings (SSSR count). The van der Waals surface area contributed by atoms with E-state index in [-0.39, 0.29) is 0 Å². The summed E-state index contributed by atoms with van der Waals surface area (Å²) in [5.41, 5.74) is 0.915. The van der Waals surface area contributed by atoms with Crippen LogP contribution in [0.15, 0.2) is 41.0 Å². The molecule has 142 valence electrons. The topological polar surface area (TPSA) is 84.2 Å². The second-order valence-electron chi connectivity index (χ2n) is 6.39. The molecule has 3 aromatic rings. The van der Waals surface area contributed by atoms with Crippen LogP contribution < -0.4 is 4.90 Å². The van der Waals surface area contributed by atoms with E-state index >= 15 is 0 Å². The van der Waals surface area contributed by atoms with E-state index in [0.717, 1.165) is 16.4 Å². The molecule has 0 atom stereocenters. The first-order valence-corrected chi connectivity index (χ1v) is 10.9. The maximum Gasteiger partial charge on any atom is 0.252 e. The number of sulfonamides is 1. The average molecular weight is 405 g/mol. The predicted molar refractivity (Wildman–Crippen MR) is 104 cm³/mol. The molecule has 10 heteroatoms. The first-order chi connectivity index (χ1) is 12.9. The maximum absolute atomic E-state index is 12.8. The first kappa shape index (κ1) is 18.1. The number of rotatable bonds is 4. The summed E-state index contributed by atoms with van der Waals surface area (Å²) in [4.78, 5) is 11.7. The van der Waals surface area contributed by atoms with Crippen LogP contribution in [0.2, 0.25) is 0 Å². The van der Waals surface area contributed by atoms with Gasteiger partial charge >= 0.3 is 0 Å². The fourth-order valence-corrected chi connectivity index (χ4v) is 5.87. The molecule has 0 aromatic carbocycles. The van der Waals surface area contributed by atoms with Crippen molar-refractivity contribution in [2.24, 2.45) is 0 Å². The van der Waals surface area contributed by atoms with Gasteiger partial charge in [-0.3, -0.25) is 0 Å². The molecule has 8 nitrogen and oxygen atoms in total. The van der Waals surface area contributed by atoms with Gasteiger partial charge in [-0.1, -0.05) is 0 Å². The lowest BCUT2D eigenvalue weighted by molar-refractivity contribution is 0.384. The number of hydrogen-bond acceptors (Lipinski definition) is 7. The van der Waals surface area contributed by atoms with Crippen LogP contribution in [0.25, 0.3) is 5.82 Å². The number of hydrogen-bond donors (Lipinski definition) is 0. The Labute approximate surface area is 162 Å². The van der Waals surface area contributed by atoms with E-state index in [9.17, 15) is 8.42 Å². The SMILES string of the molecule is Cc1ccn(-c2cc(N3CCN(S(=O)(=O)c4ccc(C)s4)CC3)ncn2)n1. The van der Waals surface area contributed by atoms with Crippen molar-refractivity contribution < 1.29 is 8.42 Å². The van der Waals surface area contributed by atoms with Gasteiger partial charge in [0.05, 0.1) is 5.69 Å². The molecular weight excluding hydrogens is 384 g/mol. The molecule has 0 spiro atoms. The molecule has 1 saturated heterocycles. The lowest BCUT2D eigenvalue weighted by Crippen LogP contribution is -2.48. The second-order valence-corrected chi connectivity index (χ2v) is 9.84. The Balaban J connectivity index is 1.48. The largest absolute Gasteiger partial charge is 0.354 e. The highest BCUT2D eigenvalue weighted by molar-refractivity contribution is 7.91. The summed E-state index contributed by atoms with van der Waals surface area (Å²) in [6.45, 7) is 5.86. The van der Waals surface area contributed by atoms with Crippen molar-refractivity contribution in [2.45, 2.75) is 18.1 Å². The fourth-order valence-electron chi connectivity index (χ4n) is 3.01. The lowest BCUT2D eigenvalue weighted by atomic mass is 10.3. The highest BCUT2D eigenvalue weighted by Crippen LogP contribution is 2.26. The van der Waals surface area contributed by atoms with Crippen LogP contribution in [0.5, 0.6) is 0 Å². The second kappa shape index (κ2) is 7.02. The van der Waals surface area contributed by atoms with Gasteiger partial charge in [-0.05, 0) is 32.0 Å². The molecule has 0 amide bonds. The number of aryl methyl sites for hydroxylation is 2. The number of anilines is 1. The van der Waals surface area contributed by atoms with Gasteiger partial charge in [0.1, 0.15) is 16.4 Å². The molecule has 0 radical (unpaired) electrons. The Hall–Kier alpha value is -2.30. The van der Waals surface area contributed by atoms with E-state index in [2.05, 4.69) is 20.0 Å². The maximum atomic E-state index is 12.8. The third-order valence-electron chi connectivity index (χ3n) is 4.47. The van der Waals surface area contributed by atoms with Crippen molar-refractivity contribution in [2.75, 3.05) is 31.1 Å². The van der Waals surface area contributed by atoms with Gasteiger partial charge in [-0.25, -0.2) is 23.1 Å². The molecule has 0 unspecified atom stereocenters. The molecular formula is C17H20N6O2S2. The number of piperazine rings is 1. The van der Waals surface area contributed by atoms with E-state index in [4.69, 9.17) is 0 Å². The van der Waals surface area contributed by atoms with E-state index in [1.807, 2.05) is 38.2 Å². The number of thiophene rings is 1. The Morgan fingerprint density at radius 2 is 1.74 bits per heavy atom. The van der Waals surface area contributed by atoms with Gasteiger partial charge in [0.25, 0.3) is 10.0 Å². The first-order valence-electron chi connectivity index (χ1n) is 8.60. The van der Waals surface area contributed by atoms with Crippen molar-refractivity contribution in [3.05, 3.63) is 47.4 Å². The molecule has 0 aliphatic carbocycles. The van der Waals surface area contributed by atoms with Crippen LogP contribution in [0.4, 0.5) is 5.82 Å². The van der Waals surface area contributed by atoms with Crippen LogP contribution in [0.1, 0.15) is 10.6 Å². The monoisotopic (exact) mass is 404 g/mol. The molecule has 1 fully saturated rings. The van der Waals surface area contributed by atoms with Crippen LogP contribution in [0.3, 0.4) is 0 Å². The van der Waals surface area contributed by atoms with Crippen LogP contribution in [0, 0.1) is 13.8 Å². The van der Waals surface area contributed by atoms with Gasteiger partial charge in [0, 0.05) is 43.3 Å². The number of aromatic nitrogens is 4. The van der Waals surface area contributed by atoms with Crippen molar-refractivity contribution in [3.8, 4) is 5.82 Å². The summed E-state index contributed by atoms with van der Waals surface area (Å²) in [6, 6.07) is 7.31. The van der Waals surface area contributed by atoms with E-state index in [1.165, 1.54) is 17.7 Å². The van der Waals surface area contributed by atoms with Crippen LogP contribution in [-0.4, -0.2) is 58.7 Å². The Morgan fingerprint density at radius 1 is 1.00 bits per heavy atom. The zero-order chi connectivity index (χ0) is 19.0. The third kappa shape index (κ3) is 3.60. The van der Waals surface area contributed by atoms with E-state index in [1.54, 1.807) is 15.1 Å². The van der Waals surface area contributed by atoms with Crippen molar-refractivity contribution in [3.63, 3.8) is 0 Å². The molecule has 0 saturated carbocycles. The highest BCUT2D eigenvalue weighted by atomic mass is 32.2. The number of nitrogens with zero attached hydrogens (tertiary/aromatic N) is 6. The molecule has 0 N–H and O–H groups in total. The van der Waals surface area contributed by atoms with Gasteiger partial charge in [-0.2, -0.15) is 9.40 Å². The van der Waals surface area contributed by atoms with E-state index in [0.29, 0.717) is 36.2 Å². The zero-order valence-corrected chi connectivity index (χ0v) is 16.7. The zero-order valence-electron chi connectivity index (χ0n) is 15.1. The Morgan fingerprint density at radius 3 is 2.37 bits per heavy atom. The summed E-state index contributed by atoms with van der Waals surface area (Å²) in [5, 5.41) is 4.37. The summed E-state index contributed by atoms with van der Waals surface area (Å²) >= 11 is 1.31. The van der Waals surface area contributed by atoms with Gasteiger partial charge in [0.15, 0.2) is 5.82 Å². The highest BCUT2D eigenvalue weighted by Gasteiger charge is 2.30. The minimum Gasteiger partial charge on any atom is -0.354 e. The fraction of sp³-hybridized carbons (Fsp3) is 0.353. The van der Waals surface area contributed by atoms with Crippen LogP contribution in [-0.2, 0) is 10.0 Å². The smallest absolute Gasteiger partial charge is 0.252 e.